The fourth-order valence-electron chi connectivity index (χ4n) is 2.50. The van der Waals surface area contributed by atoms with Crippen LogP contribution in [0.3, 0.4) is 0 Å². The SMILES string of the molecule is O=C(N/N=C/c1c[nH]c2ccccc12)c1ccc2nc[nH]c2c1. The van der Waals surface area contributed by atoms with Crippen molar-refractivity contribution in [1.82, 2.24) is 20.4 Å². The topological polar surface area (TPSA) is 85.9 Å². The van der Waals surface area contributed by atoms with Crippen molar-refractivity contribution in [1.29, 1.82) is 0 Å². The number of para-hydroxylation sites is 1. The highest BCUT2D eigenvalue weighted by Gasteiger charge is 2.06. The smallest absolute Gasteiger partial charge is 0.271 e. The summed E-state index contributed by atoms with van der Waals surface area (Å²) in [6.07, 6.45) is 5.09. The molecule has 0 aliphatic carbocycles. The largest absolute Gasteiger partial charge is 0.361 e. The number of carbonyl (C=O) groups is 1. The van der Waals surface area contributed by atoms with Crippen LogP contribution in [0.2, 0.25) is 0 Å². The first-order chi connectivity index (χ1) is 11.3. The number of benzene rings is 2. The molecule has 4 rings (SSSR count). The molecule has 0 radical (unpaired) electrons. The molecule has 6 heteroatoms. The maximum absolute atomic E-state index is 12.1. The quantitative estimate of drug-likeness (QED) is 0.401. The number of hydrogen-bond acceptors (Lipinski definition) is 3. The van der Waals surface area contributed by atoms with E-state index in [2.05, 4.69) is 25.5 Å². The summed E-state index contributed by atoms with van der Waals surface area (Å²) in [5, 5.41) is 5.10. The molecule has 6 nitrogen and oxygen atoms in total. The lowest BCUT2D eigenvalue weighted by Crippen LogP contribution is -2.17. The van der Waals surface area contributed by atoms with Crippen LogP contribution in [0.1, 0.15) is 15.9 Å². The minimum absolute atomic E-state index is 0.266. The monoisotopic (exact) mass is 303 g/mol. The van der Waals surface area contributed by atoms with Gasteiger partial charge in [-0.25, -0.2) is 10.4 Å². The standard InChI is InChI=1S/C17H13N5O/c23-17(11-5-6-15-16(7-11)20-10-19-15)22-21-9-12-8-18-14-4-2-1-3-13(12)14/h1-10,18H,(H,19,20)(H,22,23)/b21-9+. The Morgan fingerprint density at radius 1 is 1.13 bits per heavy atom. The van der Waals surface area contributed by atoms with Crippen molar-refractivity contribution < 1.29 is 4.79 Å². The minimum atomic E-state index is -0.266. The number of fused-ring (bicyclic) bond motifs is 2. The molecule has 0 unspecified atom stereocenters. The molecule has 2 aromatic carbocycles. The Balaban J connectivity index is 1.52. The van der Waals surface area contributed by atoms with Crippen LogP contribution in [0.5, 0.6) is 0 Å². The lowest BCUT2D eigenvalue weighted by Gasteiger charge is -1.99. The Morgan fingerprint density at radius 3 is 3.00 bits per heavy atom. The average molecular weight is 303 g/mol. The third-order valence-corrected chi connectivity index (χ3v) is 3.67. The van der Waals surface area contributed by atoms with Crippen LogP contribution in [-0.2, 0) is 0 Å². The van der Waals surface area contributed by atoms with Crippen LogP contribution in [0.4, 0.5) is 0 Å². The molecular weight excluding hydrogens is 290 g/mol. The molecule has 0 saturated heterocycles. The van der Waals surface area contributed by atoms with Crippen molar-refractivity contribution in [3.05, 3.63) is 66.1 Å². The van der Waals surface area contributed by atoms with Gasteiger partial charge < -0.3 is 9.97 Å². The third-order valence-electron chi connectivity index (χ3n) is 3.67. The van der Waals surface area contributed by atoms with E-state index in [-0.39, 0.29) is 5.91 Å². The van der Waals surface area contributed by atoms with Crippen LogP contribution in [0, 0.1) is 0 Å². The molecule has 23 heavy (non-hydrogen) atoms. The zero-order valence-corrected chi connectivity index (χ0v) is 12.1. The number of imidazole rings is 1. The molecule has 0 spiro atoms. The van der Waals surface area contributed by atoms with Gasteiger partial charge in [-0.3, -0.25) is 4.79 Å². The Bertz CT molecular complexity index is 1030. The van der Waals surface area contributed by atoms with Gasteiger partial charge in [0.25, 0.3) is 5.91 Å². The molecule has 3 N–H and O–H groups in total. The van der Waals surface area contributed by atoms with Gasteiger partial charge in [0.15, 0.2) is 0 Å². The van der Waals surface area contributed by atoms with Crippen molar-refractivity contribution >= 4 is 34.1 Å². The van der Waals surface area contributed by atoms with Crippen molar-refractivity contribution in [3.63, 3.8) is 0 Å². The van der Waals surface area contributed by atoms with Crippen LogP contribution < -0.4 is 5.43 Å². The second-order valence-electron chi connectivity index (χ2n) is 5.12. The molecule has 4 aromatic rings. The molecule has 2 aromatic heterocycles. The first kappa shape index (κ1) is 13.3. The zero-order chi connectivity index (χ0) is 15.6. The van der Waals surface area contributed by atoms with Crippen molar-refractivity contribution in [2.24, 2.45) is 5.10 Å². The number of hydrazone groups is 1. The summed E-state index contributed by atoms with van der Waals surface area (Å²) in [5.41, 5.74) is 6.66. The Labute approximate surface area is 131 Å². The molecule has 0 fully saturated rings. The van der Waals surface area contributed by atoms with E-state index in [9.17, 15) is 4.79 Å². The van der Waals surface area contributed by atoms with E-state index in [0.29, 0.717) is 5.56 Å². The number of rotatable bonds is 3. The fourth-order valence-corrected chi connectivity index (χ4v) is 2.50. The Kier molecular flexibility index (Phi) is 3.12. The van der Waals surface area contributed by atoms with E-state index in [4.69, 9.17) is 0 Å². The van der Waals surface area contributed by atoms with E-state index in [1.807, 2.05) is 30.5 Å². The Morgan fingerprint density at radius 2 is 2.04 bits per heavy atom. The highest BCUT2D eigenvalue weighted by Crippen LogP contribution is 2.15. The maximum atomic E-state index is 12.1. The molecule has 0 aliphatic rings. The molecular formula is C17H13N5O. The molecule has 2 heterocycles. The summed E-state index contributed by atoms with van der Waals surface area (Å²) in [6, 6.07) is 13.2. The fraction of sp³-hybridized carbons (Fsp3) is 0. The van der Waals surface area contributed by atoms with Gasteiger partial charge in [-0.15, -0.1) is 0 Å². The average Bonchev–Trinajstić information content (AvgIpc) is 3.21. The summed E-state index contributed by atoms with van der Waals surface area (Å²) in [7, 11) is 0. The number of aromatic amines is 2. The lowest BCUT2D eigenvalue weighted by molar-refractivity contribution is 0.0955. The second kappa shape index (κ2) is 5.42. The van der Waals surface area contributed by atoms with Gasteiger partial charge in [0.1, 0.15) is 0 Å². The van der Waals surface area contributed by atoms with E-state index < -0.39 is 0 Å². The van der Waals surface area contributed by atoms with Gasteiger partial charge >= 0.3 is 0 Å². The Hall–Kier alpha value is -3.41. The maximum Gasteiger partial charge on any atom is 0.271 e. The van der Waals surface area contributed by atoms with E-state index in [1.165, 1.54) is 0 Å². The lowest BCUT2D eigenvalue weighted by atomic mass is 10.2. The highest BCUT2D eigenvalue weighted by molar-refractivity contribution is 6.00. The van der Waals surface area contributed by atoms with E-state index in [1.54, 1.807) is 30.7 Å². The number of nitrogens with zero attached hydrogens (tertiary/aromatic N) is 2. The van der Waals surface area contributed by atoms with E-state index in [0.717, 1.165) is 27.5 Å². The predicted molar refractivity (Wildman–Crippen MR) is 89.5 cm³/mol. The van der Waals surface area contributed by atoms with Gasteiger partial charge in [0.05, 0.1) is 23.6 Å². The molecule has 0 bridgehead atoms. The number of aromatic nitrogens is 3. The highest BCUT2D eigenvalue weighted by atomic mass is 16.2. The summed E-state index contributed by atoms with van der Waals surface area (Å²) < 4.78 is 0. The number of amides is 1. The van der Waals surface area contributed by atoms with E-state index >= 15 is 0 Å². The van der Waals surface area contributed by atoms with Crippen LogP contribution >= 0.6 is 0 Å². The molecule has 112 valence electrons. The first-order valence-corrected chi connectivity index (χ1v) is 7.14. The van der Waals surface area contributed by atoms with Crippen LogP contribution in [0.25, 0.3) is 21.9 Å². The summed E-state index contributed by atoms with van der Waals surface area (Å²) in [5.74, 6) is -0.266. The molecule has 0 atom stereocenters. The van der Waals surface area contributed by atoms with Crippen LogP contribution in [0.15, 0.2) is 60.1 Å². The van der Waals surface area contributed by atoms with Crippen molar-refractivity contribution in [2.75, 3.05) is 0 Å². The molecule has 0 aliphatic heterocycles. The summed E-state index contributed by atoms with van der Waals surface area (Å²) in [4.78, 5) is 22.4. The van der Waals surface area contributed by atoms with Crippen LogP contribution in [-0.4, -0.2) is 27.1 Å². The van der Waals surface area contributed by atoms with Crippen molar-refractivity contribution in [3.8, 4) is 0 Å². The molecule has 1 amide bonds. The summed E-state index contributed by atoms with van der Waals surface area (Å²) >= 11 is 0. The predicted octanol–water partition coefficient (Wildman–Crippen LogP) is 2.81. The number of carbonyl (C=O) groups excluding carboxylic acids is 1. The summed E-state index contributed by atoms with van der Waals surface area (Å²) in [6.45, 7) is 0. The van der Waals surface area contributed by atoms with Gasteiger partial charge in [0, 0.05) is 28.2 Å². The normalized spacial score (nSPS) is 11.5. The molecule has 0 saturated carbocycles. The number of nitrogens with one attached hydrogen (secondary N) is 3. The van der Waals surface area contributed by atoms with Crippen molar-refractivity contribution in [2.45, 2.75) is 0 Å². The van der Waals surface area contributed by atoms with Gasteiger partial charge in [-0.1, -0.05) is 18.2 Å². The van der Waals surface area contributed by atoms with Gasteiger partial charge in [0.2, 0.25) is 0 Å². The third kappa shape index (κ3) is 2.46. The second-order valence-corrected chi connectivity index (χ2v) is 5.12. The number of H-pyrrole nitrogens is 2. The minimum Gasteiger partial charge on any atom is -0.361 e. The first-order valence-electron chi connectivity index (χ1n) is 7.14. The zero-order valence-electron chi connectivity index (χ0n) is 12.1. The van der Waals surface area contributed by atoms with Gasteiger partial charge in [-0.2, -0.15) is 5.10 Å². The van der Waals surface area contributed by atoms with Gasteiger partial charge in [-0.05, 0) is 24.3 Å². The number of hydrogen-bond donors (Lipinski definition) is 3.